The second-order valence-electron chi connectivity index (χ2n) is 6.48. The van der Waals surface area contributed by atoms with Gasteiger partial charge in [-0.15, -0.1) is 12.4 Å². The van der Waals surface area contributed by atoms with E-state index in [2.05, 4.69) is 27.1 Å². The minimum absolute atomic E-state index is 0. The van der Waals surface area contributed by atoms with Gasteiger partial charge in [-0.2, -0.15) is 0 Å². The van der Waals surface area contributed by atoms with Crippen molar-refractivity contribution in [2.24, 2.45) is 0 Å². The molecule has 1 aromatic carbocycles. The van der Waals surface area contributed by atoms with Crippen LogP contribution in [0.1, 0.15) is 31.9 Å². The zero-order chi connectivity index (χ0) is 17.8. The molecule has 1 fully saturated rings. The van der Waals surface area contributed by atoms with E-state index in [1.165, 1.54) is 31.4 Å². The Morgan fingerprint density at radius 1 is 1.23 bits per heavy atom. The van der Waals surface area contributed by atoms with Crippen molar-refractivity contribution in [3.05, 3.63) is 41.7 Å². The average molecular weight is 383 g/mol. The molecule has 26 heavy (non-hydrogen) atoms. The molecule has 1 N–H and O–H groups in total. The van der Waals surface area contributed by atoms with Crippen LogP contribution in [0.5, 0.6) is 0 Å². The quantitative estimate of drug-likeness (QED) is 0.830. The molecular weight excluding hydrogens is 358 g/mol. The molecule has 4 nitrogen and oxygen atoms in total. The van der Waals surface area contributed by atoms with E-state index in [1.54, 1.807) is 6.20 Å². The van der Waals surface area contributed by atoms with Crippen molar-refractivity contribution in [1.29, 1.82) is 0 Å². The Kier molecular flexibility index (Phi) is 7.29. The second-order valence-corrected chi connectivity index (χ2v) is 6.48. The van der Waals surface area contributed by atoms with Crippen molar-refractivity contribution >= 4 is 18.4 Å². The maximum Gasteiger partial charge on any atom is 0.222 e. The molecule has 1 aromatic heterocycles. The molecule has 3 rings (SSSR count). The molecule has 1 atom stereocenters. The fourth-order valence-electron chi connectivity index (χ4n) is 3.44. The maximum atomic E-state index is 14.0. The summed E-state index contributed by atoms with van der Waals surface area (Å²) >= 11 is 0. The molecular formula is C19H25ClF2N4. The smallest absolute Gasteiger partial charge is 0.222 e. The molecule has 7 heteroatoms. The van der Waals surface area contributed by atoms with Crippen molar-refractivity contribution in [3.63, 3.8) is 0 Å². The van der Waals surface area contributed by atoms with Crippen LogP contribution in [-0.2, 0) is 0 Å². The Balaban J connectivity index is 0.00000243. The molecule has 0 saturated carbocycles. The highest BCUT2D eigenvalue weighted by atomic mass is 35.5. The Labute approximate surface area is 159 Å². The summed E-state index contributed by atoms with van der Waals surface area (Å²) in [5.74, 6) is -0.648. The van der Waals surface area contributed by atoms with Crippen LogP contribution in [0.25, 0.3) is 11.1 Å². The van der Waals surface area contributed by atoms with E-state index in [1.807, 2.05) is 6.92 Å². The Hall–Kier alpha value is -1.79. The zero-order valence-electron chi connectivity index (χ0n) is 15.1. The molecule has 0 aliphatic carbocycles. The second kappa shape index (κ2) is 9.24. The first kappa shape index (κ1) is 20.5. The van der Waals surface area contributed by atoms with Gasteiger partial charge in [-0.1, -0.05) is 13.3 Å². The van der Waals surface area contributed by atoms with Crippen molar-refractivity contribution in [3.8, 4) is 11.1 Å². The Bertz CT molecular complexity index is 741. The first-order valence-corrected chi connectivity index (χ1v) is 8.85. The number of aromatic nitrogens is 2. The number of likely N-dealkylation sites (tertiary alicyclic amines) is 1. The molecule has 0 amide bonds. The predicted octanol–water partition coefficient (Wildman–Crippen LogP) is 4.44. The molecule has 1 aliphatic rings. The van der Waals surface area contributed by atoms with Gasteiger partial charge in [0.15, 0.2) is 0 Å². The minimum atomic E-state index is -0.604. The van der Waals surface area contributed by atoms with Gasteiger partial charge in [-0.05, 0) is 45.0 Å². The van der Waals surface area contributed by atoms with E-state index in [0.29, 0.717) is 28.8 Å². The number of halogens is 3. The molecule has 0 spiro atoms. The summed E-state index contributed by atoms with van der Waals surface area (Å²) < 4.78 is 27.1. The topological polar surface area (TPSA) is 41.0 Å². The molecule has 142 valence electrons. The van der Waals surface area contributed by atoms with Crippen LogP contribution < -0.4 is 5.32 Å². The summed E-state index contributed by atoms with van der Waals surface area (Å²) in [5.41, 5.74) is 1.56. The number of anilines is 1. The summed E-state index contributed by atoms with van der Waals surface area (Å²) in [5, 5.41) is 3.30. The highest BCUT2D eigenvalue weighted by Gasteiger charge is 2.21. The lowest BCUT2D eigenvalue weighted by Gasteiger charge is -2.34. The normalized spacial score (nSPS) is 17.6. The summed E-state index contributed by atoms with van der Waals surface area (Å²) in [6.07, 6.45) is 5.29. The molecule has 2 aromatic rings. The standard InChI is InChI=1S/C19H24F2N4.ClH/c1-3-25-9-5-4-6-15(25)11-22-19-23-12-17(13(2)24-19)16-8-7-14(20)10-18(16)21;/h7-8,10,12,15H,3-6,9,11H2,1-2H3,(H,22,23,24);1H. The number of rotatable bonds is 5. The molecule has 1 saturated heterocycles. The summed E-state index contributed by atoms with van der Waals surface area (Å²) in [7, 11) is 0. The number of nitrogens with one attached hydrogen (secondary N) is 1. The predicted molar refractivity (Wildman–Crippen MR) is 103 cm³/mol. The molecule has 0 bridgehead atoms. The van der Waals surface area contributed by atoms with Gasteiger partial charge < -0.3 is 5.32 Å². The van der Waals surface area contributed by atoms with Gasteiger partial charge in [0.2, 0.25) is 5.95 Å². The third kappa shape index (κ3) is 4.68. The van der Waals surface area contributed by atoms with E-state index in [0.717, 1.165) is 25.7 Å². The number of likely N-dealkylation sites (N-methyl/N-ethyl adjacent to an activating group) is 1. The van der Waals surface area contributed by atoms with Crippen molar-refractivity contribution in [2.45, 2.75) is 39.2 Å². The number of nitrogens with zero attached hydrogens (tertiary/aromatic N) is 3. The third-order valence-corrected chi connectivity index (χ3v) is 4.85. The van der Waals surface area contributed by atoms with Crippen molar-refractivity contribution in [1.82, 2.24) is 14.9 Å². The molecule has 1 unspecified atom stereocenters. The third-order valence-electron chi connectivity index (χ3n) is 4.85. The van der Waals surface area contributed by atoms with Crippen LogP contribution in [0.3, 0.4) is 0 Å². The van der Waals surface area contributed by atoms with E-state index in [9.17, 15) is 8.78 Å². The van der Waals surface area contributed by atoms with Gasteiger partial charge in [0.25, 0.3) is 0 Å². The number of hydrogen-bond donors (Lipinski definition) is 1. The molecule has 2 heterocycles. The number of hydrogen-bond acceptors (Lipinski definition) is 4. The number of piperidine rings is 1. The van der Waals surface area contributed by atoms with Crippen LogP contribution in [-0.4, -0.2) is 40.5 Å². The number of benzene rings is 1. The zero-order valence-corrected chi connectivity index (χ0v) is 16.0. The van der Waals surface area contributed by atoms with Gasteiger partial charge in [0, 0.05) is 36.0 Å². The van der Waals surface area contributed by atoms with E-state index < -0.39 is 11.6 Å². The van der Waals surface area contributed by atoms with Crippen LogP contribution in [0.4, 0.5) is 14.7 Å². The highest BCUT2D eigenvalue weighted by Crippen LogP contribution is 2.26. The van der Waals surface area contributed by atoms with Crippen LogP contribution >= 0.6 is 12.4 Å². The lowest BCUT2D eigenvalue weighted by molar-refractivity contribution is 0.164. The monoisotopic (exact) mass is 382 g/mol. The lowest BCUT2D eigenvalue weighted by Crippen LogP contribution is -2.43. The van der Waals surface area contributed by atoms with Gasteiger partial charge in [-0.25, -0.2) is 18.7 Å². The van der Waals surface area contributed by atoms with Gasteiger partial charge in [0.05, 0.1) is 5.69 Å². The largest absolute Gasteiger partial charge is 0.353 e. The molecule has 1 aliphatic heterocycles. The van der Waals surface area contributed by atoms with Gasteiger partial charge in [-0.3, -0.25) is 4.90 Å². The first-order valence-electron chi connectivity index (χ1n) is 8.85. The summed E-state index contributed by atoms with van der Waals surface area (Å²) in [4.78, 5) is 11.2. The van der Waals surface area contributed by atoms with E-state index in [-0.39, 0.29) is 12.4 Å². The minimum Gasteiger partial charge on any atom is -0.353 e. The van der Waals surface area contributed by atoms with Gasteiger partial charge in [0.1, 0.15) is 11.6 Å². The Morgan fingerprint density at radius 3 is 2.73 bits per heavy atom. The van der Waals surface area contributed by atoms with Gasteiger partial charge >= 0.3 is 0 Å². The SMILES string of the molecule is CCN1CCCCC1CNc1ncc(-c2ccc(F)cc2F)c(C)n1.Cl. The van der Waals surface area contributed by atoms with E-state index in [4.69, 9.17) is 0 Å². The maximum absolute atomic E-state index is 14.0. The van der Waals surface area contributed by atoms with E-state index >= 15 is 0 Å². The van der Waals surface area contributed by atoms with Crippen LogP contribution in [0.15, 0.2) is 24.4 Å². The molecule has 0 radical (unpaired) electrons. The summed E-state index contributed by atoms with van der Waals surface area (Å²) in [6.45, 7) is 6.99. The van der Waals surface area contributed by atoms with Crippen LogP contribution in [0, 0.1) is 18.6 Å². The average Bonchev–Trinajstić information content (AvgIpc) is 2.61. The highest BCUT2D eigenvalue weighted by molar-refractivity contribution is 5.85. The fraction of sp³-hybridized carbons (Fsp3) is 0.474. The Morgan fingerprint density at radius 2 is 2.04 bits per heavy atom. The fourth-order valence-corrected chi connectivity index (χ4v) is 3.44. The summed E-state index contributed by atoms with van der Waals surface area (Å²) in [6, 6.07) is 4.04. The van der Waals surface area contributed by atoms with Crippen LogP contribution in [0.2, 0.25) is 0 Å². The number of aryl methyl sites for hydroxylation is 1. The lowest BCUT2D eigenvalue weighted by atomic mass is 10.0. The van der Waals surface area contributed by atoms with Crippen molar-refractivity contribution < 1.29 is 8.78 Å². The van der Waals surface area contributed by atoms with Crippen molar-refractivity contribution in [2.75, 3.05) is 25.0 Å². The first-order chi connectivity index (χ1) is 12.1.